The Bertz CT molecular complexity index is 242. The topological polar surface area (TPSA) is 32.3 Å². The fraction of sp³-hybridized carbons (Fsp3) is 0.923. The van der Waals surface area contributed by atoms with Crippen molar-refractivity contribution in [2.75, 3.05) is 13.1 Å². The van der Waals surface area contributed by atoms with E-state index in [-0.39, 0.29) is 12.4 Å². The third kappa shape index (κ3) is 4.14. The van der Waals surface area contributed by atoms with Gasteiger partial charge >= 0.3 is 0 Å². The molecular formula is C13H25ClN2O. The Morgan fingerprint density at radius 2 is 2.12 bits per heavy atom. The predicted molar refractivity (Wildman–Crippen MR) is 72.5 cm³/mol. The molecule has 0 aromatic rings. The Labute approximate surface area is 111 Å². The fourth-order valence-electron chi connectivity index (χ4n) is 2.91. The number of hydrogen-bond donors (Lipinski definition) is 1. The average Bonchev–Trinajstić information content (AvgIpc) is 2.79. The van der Waals surface area contributed by atoms with E-state index in [1.54, 1.807) is 0 Å². The number of carbonyl (C=O) groups excluding carboxylic acids is 1. The standard InChI is InChI=1S/C13H24N2O.ClH/c1-11-5-2-3-10-15(11)13(16)8-7-12-6-4-9-14-12;/h11-12,14H,2-10H2,1H3;1H. The van der Waals surface area contributed by atoms with Crippen LogP contribution in [0.5, 0.6) is 0 Å². The van der Waals surface area contributed by atoms with E-state index >= 15 is 0 Å². The van der Waals surface area contributed by atoms with E-state index in [1.165, 1.54) is 32.1 Å². The predicted octanol–water partition coefficient (Wildman–Crippen LogP) is 2.34. The van der Waals surface area contributed by atoms with E-state index in [0.717, 1.165) is 25.9 Å². The van der Waals surface area contributed by atoms with Crippen LogP contribution in [0.2, 0.25) is 0 Å². The van der Waals surface area contributed by atoms with Gasteiger partial charge in [-0.15, -0.1) is 12.4 Å². The molecule has 1 amide bonds. The summed E-state index contributed by atoms with van der Waals surface area (Å²) in [6, 6.07) is 1.07. The molecule has 2 fully saturated rings. The zero-order valence-electron chi connectivity index (χ0n) is 10.8. The summed E-state index contributed by atoms with van der Waals surface area (Å²) >= 11 is 0. The molecule has 0 spiro atoms. The summed E-state index contributed by atoms with van der Waals surface area (Å²) < 4.78 is 0. The molecule has 2 aliphatic rings. The Morgan fingerprint density at radius 3 is 2.76 bits per heavy atom. The van der Waals surface area contributed by atoms with Gasteiger partial charge in [-0.2, -0.15) is 0 Å². The molecule has 0 bridgehead atoms. The van der Waals surface area contributed by atoms with Gasteiger partial charge in [0.15, 0.2) is 0 Å². The van der Waals surface area contributed by atoms with Crippen LogP contribution in [0.15, 0.2) is 0 Å². The van der Waals surface area contributed by atoms with Crippen molar-refractivity contribution in [2.45, 2.75) is 64.0 Å². The van der Waals surface area contributed by atoms with Crippen LogP contribution in [0.4, 0.5) is 0 Å². The monoisotopic (exact) mass is 260 g/mol. The van der Waals surface area contributed by atoms with Crippen molar-refractivity contribution in [1.82, 2.24) is 10.2 Å². The molecule has 2 rings (SSSR count). The Morgan fingerprint density at radius 1 is 1.29 bits per heavy atom. The number of rotatable bonds is 3. The van der Waals surface area contributed by atoms with Crippen molar-refractivity contribution in [1.29, 1.82) is 0 Å². The number of carbonyl (C=O) groups is 1. The normalized spacial score (nSPS) is 28.9. The third-order valence-corrected chi connectivity index (χ3v) is 3.99. The molecule has 2 unspecified atom stereocenters. The van der Waals surface area contributed by atoms with Crippen LogP contribution >= 0.6 is 12.4 Å². The van der Waals surface area contributed by atoms with Crippen LogP contribution < -0.4 is 5.32 Å². The smallest absolute Gasteiger partial charge is 0.222 e. The van der Waals surface area contributed by atoms with Crippen molar-refractivity contribution in [3.05, 3.63) is 0 Å². The highest BCUT2D eigenvalue weighted by molar-refractivity contribution is 5.85. The summed E-state index contributed by atoms with van der Waals surface area (Å²) in [5.74, 6) is 0.376. The highest BCUT2D eigenvalue weighted by Crippen LogP contribution is 2.19. The first kappa shape index (κ1) is 14.8. The highest BCUT2D eigenvalue weighted by Gasteiger charge is 2.24. The molecule has 4 heteroatoms. The van der Waals surface area contributed by atoms with Gasteiger partial charge in [0.2, 0.25) is 5.91 Å². The quantitative estimate of drug-likeness (QED) is 0.845. The van der Waals surface area contributed by atoms with Crippen LogP contribution in [-0.2, 0) is 4.79 Å². The maximum absolute atomic E-state index is 12.1. The van der Waals surface area contributed by atoms with Gasteiger partial charge in [-0.3, -0.25) is 4.79 Å². The molecule has 17 heavy (non-hydrogen) atoms. The van der Waals surface area contributed by atoms with Crippen LogP contribution in [0.3, 0.4) is 0 Å². The van der Waals surface area contributed by atoms with Crippen molar-refractivity contribution >= 4 is 18.3 Å². The van der Waals surface area contributed by atoms with E-state index in [9.17, 15) is 4.79 Å². The largest absolute Gasteiger partial charge is 0.340 e. The maximum atomic E-state index is 12.1. The van der Waals surface area contributed by atoms with Gasteiger partial charge in [0.1, 0.15) is 0 Å². The molecule has 2 atom stereocenters. The lowest BCUT2D eigenvalue weighted by Gasteiger charge is -2.33. The summed E-state index contributed by atoms with van der Waals surface area (Å²) in [5.41, 5.74) is 0. The number of amides is 1. The zero-order chi connectivity index (χ0) is 11.4. The van der Waals surface area contributed by atoms with Gasteiger partial charge in [0, 0.05) is 25.0 Å². The minimum atomic E-state index is 0. The molecule has 3 nitrogen and oxygen atoms in total. The number of piperidine rings is 1. The second kappa shape index (κ2) is 7.22. The van der Waals surface area contributed by atoms with Gasteiger partial charge in [0.25, 0.3) is 0 Å². The first-order valence-corrected chi connectivity index (χ1v) is 6.80. The van der Waals surface area contributed by atoms with Crippen molar-refractivity contribution in [2.24, 2.45) is 0 Å². The Kier molecular flexibility index (Phi) is 6.28. The molecule has 2 saturated heterocycles. The van der Waals surface area contributed by atoms with Crippen molar-refractivity contribution < 1.29 is 4.79 Å². The average molecular weight is 261 g/mol. The van der Waals surface area contributed by atoms with Crippen molar-refractivity contribution in [3.8, 4) is 0 Å². The van der Waals surface area contributed by atoms with Gasteiger partial charge in [-0.1, -0.05) is 0 Å². The second-order valence-corrected chi connectivity index (χ2v) is 5.26. The van der Waals surface area contributed by atoms with Gasteiger partial charge in [-0.05, 0) is 52.0 Å². The summed E-state index contributed by atoms with van der Waals surface area (Å²) in [6.45, 7) is 4.31. The number of likely N-dealkylation sites (tertiary alicyclic amines) is 1. The molecule has 0 aromatic carbocycles. The molecule has 1 N–H and O–H groups in total. The lowest BCUT2D eigenvalue weighted by atomic mass is 10.0. The molecule has 2 heterocycles. The molecule has 0 aromatic heterocycles. The minimum Gasteiger partial charge on any atom is -0.340 e. The summed E-state index contributed by atoms with van der Waals surface area (Å²) in [7, 11) is 0. The summed E-state index contributed by atoms with van der Waals surface area (Å²) in [4.78, 5) is 14.2. The fourth-order valence-corrected chi connectivity index (χ4v) is 2.91. The summed E-state index contributed by atoms with van der Waals surface area (Å²) in [6.07, 6.45) is 7.96. The van der Waals surface area contributed by atoms with E-state index in [2.05, 4.69) is 17.1 Å². The molecule has 100 valence electrons. The van der Waals surface area contributed by atoms with E-state index in [4.69, 9.17) is 0 Å². The Balaban J connectivity index is 0.00000144. The number of nitrogens with zero attached hydrogens (tertiary/aromatic N) is 1. The van der Waals surface area contributed by atoms with E-state index < -0.39 is 0 Å². The van der Waals surface area contributed by atoms with Crippen LogP contribution in [0.25, 0.3) is 0 Å². The molecular weight excluding hydrogens is 236 g/mol. The number of nitrogens with one attached hydrogen (secondary N) is 1. The Hall–Kier alpha value is -0.280. The van der Waals surface area contributed by atoms with Gasteiger partial charge in [0.05, 0.1) is 0 Å². The molecule has 2 aliphatic heterocycles. The first-order chi connectivity index (χ1) is 7.77. The zero-order valence-corrected chi connectivity index (χ0v) is 11.6. The van der Waals surface area contributed by atoms with Gasteiger partial charge < -0.3 is 10.2 Å². The number of hydrogen-bond acceptors (Lipinski definition) is 2. The van der Waals surface area contributed by atoms with Gasteiger partial charge in [-0.25, -0.2) is 0 Å². The summed E-state index contributed by atoms with van der Waals surface area (Å²) in [5, 5.41) is 3.46. The second-order valence-electron chi connectivity index (χ2n) is 5.26. The van der Waals surface area contributed by atoms with Crippen LogP contribution in [-0.4, -0.2) is 36.0 Å². The van der Waals surface area contributed by atoms with Crippen LogP contribution in [0, 0.1) is 0 Å². The van der Waals surface area contributed by atoms with Crippen LogP contribution in [0.1, 0.15) is 51.9 Å². The van der Waals surface area contributed by atoms with E-state index in [1.807, 2.05) is 0 Å². The SMILES string of the molecule is CC1CCCCN1C(=O)CCC1CCCN1.Cl. The van der Waals surface area contributed by atoms with Crippen molar-refractivity contribution in [3.63, 3.8) is 0 Å². The van der Waals surface area contributed by atoms with E-state index in [0.29, 0.717) is 18.0 Å². The highest BCUT2D eigenvalue weighted by atomic mass is 35.5. The first-order valence-electron chi connectivity index (χ1n) is 6.80. The minimum absolute atomic E-state index is 0. The molecule has 0 radical (unpaired) electrons. The maximum Gasteiger partial charge on any atom is 0.222 e. The lowest BCUT2D eigenvalue weighted by Crippen LogP contribution is -2.42. The third-order valence-electron chi connectivity index (χ3n) is 3.99. The molecule has 0 saturated carbocycles. The lowest BCUT2D eigenvalue weighted by molar-refractivity contribution is -0.134. The number of halogens is 1. The molecule has 0 aliphatic carbocycles.